The fourth-order valence-corrected chi connectivity index (χ4v) is 1.82. The number of aliphatic hydroxyl groups excluding tert-OH is 1. The first kappa shape index (κ1) is 17.9. The lowest BCUT2D eigenvalue weighted by molar-refractivity contribution is 0.0360. The maximum atomic E-state index is 9.63. The lowest BCUT2D eigenvalue weighted by Gasteiger charge is -2.12. The topological polar surface area (TPSA) is 41.5 Å². The minimum absolute atomic E-state index is 0.359. The van der Waals surface area contributed by atoms with Gasteiger partial charge in [-0.05, 0) is 19.4 Å². The van der Waals surface area contributed by atoms with E-state index < -0.39 is 0 Å². The van der Waals surface area contributed by atoms with E-state index >= 15 is 0 Å². The Hall–Kier alpha value is -0.120. The number of unbranched alkanes of at least 4 members (excludes halogenated alkanes) is 6. The molecule has 0 saturated carbocycles. The number of hydrogen-bond acceptors (Lipinski definition) is 3. The Morgan fingerprint density at radius 2 is 1.61 bits per heavy atom. The zero-order valence-corrected chi connectivity index (χ0v) is 12.4. The van der Waals surface area contributed by atoms with Crippen molar-refractivity contribution in [2.24, 2.45) is 0 Å². The minimum Gasteiger partial charge on any atom is -0.389 e. The van der Waals surface area contributed by atoms with Gasteiger partial charge in [-0.3, -0.25) is 0 Å². The van der Waals surface area contributed by atoms with E-state index in [0.29, 0.717) is 13.2 Å². The molecule has 2 N–H and O–H groups in total. The summed E-state index contributed by atoms with van der Waals surface area (Å²) in [6.07, 6.45) is 9.77. The highest BCUT2D eigenvalue weighted by molar-refractivity contribution is 4.58. The van der Waals surface area contributed by atoms with Crippen LogP contribution < -0.4 is 5.32 Å². The van der Waals surface area contributed by atoms with Gasteiger partial charge in [-0.25, -0.2) is 0 Å². The summed E-state index contributed by atoms with van der Waals surface area (Å²) in [5.41, 5.74) is 0. The Morgan fingerprint density at radius 1 is 0.944 bits per heavy atom. The maximum Gasteiger partial charge on any atom is 0.0897 e. The summed E-state index contributed by atoms with van der Waals surface area (Å²) >= 11 is 0. The molecule has 0 bridgehead atoms. The molecule has 3 heteroatoms. The molecule has 1 unspecified atom stereocenters. The Morgan fingerprint density at radius 3 is 2.33 bits per heavy atom. The summed E-state index contributed by atoms with van der Waals surface area (Å²) in [6.45, 7) is 7.28. The van der Waals surface area contributed by atoms with E-state index in [2.05, 4.69) is 19.2 Å². The van der Waals surface area contributed by atoms with Crippen LogP contribution in [0.2, 0.25) is 0 Å². The average molecular weight is 259 g/mol. The monoisotopic (exact) mass is 259 g/mol. The van der Waals surface area contributed by atoms with E-state index in [-0.39, 0.29) is 6.10 Å². The summed E-state index contributed by atoms with van der Waals surface area (Å²) in [4.78, 5) is 0. The van der Waals surface area contributed by atoms with Crippen LogP contribution in [0.3, 0.4) is 0 Å². The molecule has 110 valence electrons. The highest BCUT2D eigenvalue weighted by atomic mass is 16.5. The van der Waals surface area contributed by atoms with Crippen molar-refractivity contribution in [3.63, 3.8) is 0 Å². The molecule has 0 aliphatic heterocycles. The summed E-state index contributed by atoms with van der Waals surface area (Å²) in [7, 11) is 0. The molecule has 0 aliphatic carbocycles. The van der Waals surface area contributed by atoms with E-state index in [1.54, 1.807) is 0 Å². The maximum absolute atomic E-state index is 9.63. The molecule has 0 aromatic rings. The average Bonchev–Trinajstić information content (AvgIpc) is 2.38. The molecule has 0 aliphatic rings. The highest BCUT2D eigenvalue weighted by Crippen LogP contribution is 2.03. The van der Waals surface area contributed by atoms with E-state index in [9.17, 15) is 5.11 Å². The summed E-state index contributed by atoms with van der Waals surface area (Å²) in [6, 6.07) is 0. The first-order valence-electron chi connectivity index (χ1n) is 7.77. The fourth-order valence-electron chi connectivity index (χ4n) is 1.82. The molecule has 1 atom stereocenters. The molecule has 0 rings (SSSR count). The van der Waals surface area contributed by atoms with Gasteiger partial charge in [0.1, 0.15) is 0 Å². The van der Waals surface area contributed by atoms with Crippen molar-refractivity contribution in [2.75, 3.05) is 26.3 Å². The van der Waals surface area contributed by atoms with Gasteiger partial charge in [-0.2, -0.15) is 0 Å². The molecule has 18 heavy (non-hydrogen) atoms. The SMILES string of the molecule is CCCCCCCCNCC(O)COCCCC. The van der Waals surface area contributed by atoms with Crippen LogP contribution in [-0.2, 0) is 4.74 Å². The largest absolute Gasteiger partial charge is 0.389 e. The smallest absolute Gasteiger partial charge is 0.0897 e. The number of nitrogens with one attached hydrogen (secondary N) is 1. The number of rotatable bonds is 14. The van der Waals surface area contributed by atoms with Crippen LogP contribution in [-0.4, -0.2) is 37.5 Å². The van der Waals surface area contributed by atoms with E-state index in [1.807, 2.05) is 0 Å². The van der Waals surface area contributed by atoms with Crippen molar-refractivity contribution in [3.05, 3.63) is 0 Å². The number of ether oxygens (including phenoxy) is 1. The van der Waals surface area contributed by atoms with Crippen molar-refractivity contribution in [2.45, 2.75) is 71.3 Å². The summed E-state index contributed by atoms with van der Waals surface area (Å²) in [5, 5.41) is 12.9. The second kappa shape index (κ2) is 14.9. The van der Waals surface area contributed by atoms with Gasteiger partial charge < -0.3 is 15.2 Å². The van der Waals surface area contributed by atoms with E-state index in [1.165, 1.54) is 38.5 Å². The van der Waals surface area contributed by atoms with Gasteiger partial charge in [0.05, 0.1) is 12.7 Å². The van der Waals surface area contributed by atoms with Crippen LogP contribution in [0.1, 0.15) is 65.2 Å². The zero-order chi connectivity index (χ0) is 13.5. The third-order valence-electron chi connectivity index (χ3n) is 3.04. The Kier molecular flexibility index (Phi) is 14.8. The molecule has 0 aromatic carbocycles. The standard InChI is InChI=1S/C15H33NO2/c1-3-5-7-8-9-10-11-16-13-15(17)14-18-12-6-4-2/h15-17H,3-14H2,1-2H3. The molecule has 0 heterocycles. The Bertz CT molecular complexity index is 153. The molecular weight excluding hydrogens is 226 g/mol. The van der Waals surface area contributed by atoms with Gasteiger partial charge >= 0.3 is 0 Å². The first-order chi connectivity index (χ1) is 8.81. The molecule has 0 amide bonds. The minimum atomic E-state index is -0.359. The molecule has 0 spiro atoms. The lowest BCUT2D eigenvalue weighted by atomic mass is 10.1. The zero-order valence-electron chi connectivity index (χ0n) is 12.4. The van der Waals surface area contributed by atoms with Crippen molar-refractivity contribution < 1.29 is 9.84 Å². The van der Waals surface area contributed by atoms with Gasteiger partial charge in [0.25, 0.3) is 0 Å². The third-order valence-corrected chi connectivity index (χ3v) is 3.04. The number of aliphatic hydroxyl groups is 1. The van der Waals surface area contributed by atoms with Crippen molar-refractivity contribution in [3.8, 4) is 0 Å². The fraction of sp³-hybridized carbons (Fsp3) is 1.00. The second-order valence-electron chi connectivity index (χ2n) is 5.05. The van der Waals surface area contributed by atoms with Gasteiger partial charge in [0.15, 0.2) is 0 Å². The van der Waals surface area contributed by atoms with Crippen LogP contribution in [0, 0.1) is 0 Å². The predicted octanol–water partition coefficient (Wildman–Crippen LogP) is 3.11. The van der Waals surface area contributed by atoms with Gasteiger partial charge in [0.2, 0.25) is 0 Å². The third kappa shape index (κ3) is 13.9. The van der Waals surface area contributed by atoms with Crippen molar-refractivity contribution in [1.82, 2.24) is 5.32 Å². The number of hydrogen-bond donors (Lipinski definition) is 2. The van der Waals surface area contributed by atoms with Crippen LogP contribution in [0.4, 0.5) is 0 Å². The predicted molar refractivity (Wildman–Crippen MR) is 78.0 cm³/mol. The Balaban J connectivity index is 3.08. The summed E-state index contributed by atoms with van der Waals surface area (Å²) < 4.78 is 5.37. The van der Waals surface area contributed by atoms with Crippen molar-refractivity contribution >= 4 is 0 Å². The molecule has 0 fully saturated rings. The molecule has 0 saturated heterocycles. The van der Waals surface area contributed by atoms with Crippen molar-refractivity contribution in [1.29, 1.82) is 0 Å². The lowest BCUT2D eigenvalue weighted by Crippen LogP contribution is -2.31. The van der Waals surface area contributed by atoms with Crippen LogP contribution in [0.25, 0.3) is 0 Å². The van der Waals surface area contributed by atoms with E-state index in [0.717, 1.165) is 26.0 Å². The van der Waals surface area contributed by atoms with Crippen LogP contribution >= 0.6 is 0 Å². The normalized spacial score (nSPS) is 12.8. The molecule has 0 radical (unpaired) electrons. The van der Waals surface area contributed by atoms with Crippen LogP contribution in [0.5, 0.6) is 0 Å². The second-order valence-corrected chi connectivity index (χ2v) is 5.05. The van der Waals surface area contributed by atoms with Gasteiger partial charge in [-0.1, -0.05) is 52.4 Å². The molecule has 0 aromatic heterocycles. The van der Waals surface area contributed by atoms with Crippen LogP contribution in [0.15, 0.2) is 0 Å². The molecule has 3 nitrogen and oxygen atoms in total. The quantitative estimate of drug-likeness (QED) is 0.471. The van der Waals surface area contributed by atoms with E-state index in [4.69, 9.17) is 4.74 Å². The molecular formula is C15H33NO2. The van der Waals surface area contributed by atoms with Gasteiger partial charge in [-0.15, -0.1) is 0 Å². The Labute approximate surface area is 113 Å². The van der Waals surface area contributed by atoms with Gasteiger partial charge in [0, 0.05) is 13.2 Å². The summed E-state index contributed by atoms with van der Waals surface area (Å²) in [5.74, 6) is 0. The highest BCUT2D eigenvalue weighted by Gasteiger charge is 2.02. The first-order valence-corrected chi connectivity index (χ1v) is 7.77.